The van der Waals surface area contributed by atoms with Crippen molar-refractivity contribution in [2.24, 2.45) is 0 Å². The van der Waals surface area contributed by atoms with E-state index < -0.39 is 0 Å². The molecule has 27 heavy (non-hydrogen) atoms. The van der Waals surface area contributed by atoms with Gasteiger partial charge in [0.15, 0.2) is 0 Å². The van der Waals surface area contributed by atoms with E-state index in [1.807, 2.05) is 11.8 Å². The fraction of sp³-hybridized carbons (Fsp3) is 0.632. The van der Waals surface area contributed by atoms with Crippen LogP contribution in [-0.4, -0.2) is 94.0 Å². The van der Waals surface area contributed by atoms with Crippen LogP contribution in [0.5, 0.6) is 0 Å². The van der Waals surface area contributed by atoms with E-state index in [2.05, 4.69) is 43.4 Å². The molecule has 2 aromatic heterocycles. The molecule has 0 atom stereocenters. The first-order valence-corrected chi connectivity index (χ1v) is 9.71. The van der Waals surface area contributed by atoms with Crippen LogP contribution in [0.25, 0.3) is 5.78 Å². The highest BCUT2D eigenvalue weighted by Crippen LogP contribution is 2.12. The van der Waals surface area contributed by atoms with Gasteiger partial charge in [0, 0.05) is 63.4 Å². The van der Waals surface area contributed by atoms with Crippen molar-refractivity contribution in [3.05, 3.63) is 29.3 Å². The topological polar surface area (TPSA) is 66.2 Å². The zero-order valence-electron chi connectivity index (χ0n) is 16.2. The van der Waals surface area contributed by atoms with Gasteiger partial charge in [-0.1, -0.05) is 0 Å². The van der Waals surface area contributed by atoms with Gasteiger partial charge in [-0.25, -0.2) is 9.97 Å². The molecule has 0 aliphatic carbocycles. The van der Waals surface area contributed by atoms with Crippen LogP contribution in [0, 0.1) is 13.8 Å². The zero-order chi connectivity index (χ0) is 18.8. The molecule has 0 bridgehead atoms. The smallest absolute Gasteiger partial charge is 0.236 e. The summed E-state index contributed by atoms with van der Waals surface area (Å²) in [7, 11) is 0. The van der Waals surface area contributed by atoms with E-state index in [1.165, 1.54) is 0 Å². The average molecular weight is 372 g/mol. The molecule has 0 N–H and O–H groups in total. The van der Waals surface area contributed by atoms with Gasteiger partial charge in [-0.05, 0) is 19.9 Å². The molecule has 0 saturated carbocycles. The van der Waals surface area contributed by atoms with Gasteiger partial charge in [0.2, 0.25) is 11.7 Å². The Balaban J connectivity index is 1.29. The summed E-state index contributed by atoms with van der Waals surface area (Å²) in [4.78, 5) is 28.2. The number of imidazole rings is 1. The molecule has 8 nitrogen and oxygen atoms in total. The summed E-state index contributed by atoms with van der Waals surface area (Å²) in [6.07, 6.45) is 2.09. The number of piperazine rings is 1. The van der Waals surface area contributed by atoms with Gasteiger partial charge in [-0.3, -0.25) is 19.0 Å². The molecule has 0 spiro atoms. The molecular formula is C19H28N6O2. The summed E-state index contributed by atoms with van der Waals surface area (Å²) < 4.78 is 7.38. The minimum absolute atomic E-state index is 0.226. The van der Waals surface area contributed by atoms with Crippen LogP contribution in [0.4, 0.5) is 0 Å². The Morgan fingerprint density at radius 2 is 1.74 bits per heavy atom. The lowest BCUT2D eigenvalue weighted by molar-refractivity contribution is -0.136. The van der Waals surface area contributed by atoms with E-state index in [4.69, 9.17) is 4.74 Å². The quantitative estimate of drug-likeness (QED) is 0.770. The monoisotopic (exact) mass is 372 g/mol. The Morgan fingerprint density at radius 3 is 2.48 bits per heavy atom. The van der Waals surface area contributed by atoms with Crippen LogP contribution in [0.1, 0.15) is 17.1 Å². The number of aryl methyl sites for hydroxylation is 2. The van der Waals surface area contributed by atoms with Crippen LogP contribution in [0.2, 0.25) is 0 Å². The summed E-state index contributed by atoms with van der Waals surface area (Å²) in [5.41, 5.74) is 3.20. The Morgan fingerprint density at radius 1 is 1.04 bits per heavy atom. The summed E-state index contributed by atoms with van der Waals surface area (Å²) in [6, 6.07) is 2.07. The standard InChI is InChI=1S/C19H28N6O2/c1-15-11-16(2)25-13-17(21-19(25)20-15)12-22-3-5-23(6-4-22)14-18(26)24-7-9-27-10-8-24/h11,13H,3-10,12,14H2,1-2H3. The van der Waals surface area contributed by atoms with Gasteiger partial charge < -0.3 is 9.64 Å². The summed E-state index contributed by atoms with van der Waals surface area (Å²) in [5, 5.41) is 0. The maximum atomic E-state index is 12.4. The summed E-state index contributed by atoms with van der Waals surface area (Å²) in [5.74, 6) is 1.00. The van der Waals surface area contributed by atoms with Crippen molar-refractivity contribution in [1.29, 1.82) is 0 Å². The largest absolute Gasteiger partial charge is 0.378 e. The van der Waals surface area contributed by atoms with Crippen LogP contribution >= 0.6 is 0 Å². The van der Waals surface area contributed by atoms with E-state index in [1.54, 1.807) is 0 Å². The van der Waals surface area contributed by atoms with Gasteiger partial charge >= 0.3 is 0 Å². The third kappa shape index (κ3) is 4.28. The number of fused-ring (bicyclic) bond motifs is 1. The number of hydrogen-bond acceptors (Lipinski definition) is 6. The number of nitrogens with zero attached hydrogens (tertiary/aromatic N) is 6. The number of amides is 1. The molecule has 0 unspecified atom stereocenters. The van der Waals surface area contributed by atoms with Crippen molar-refractivity contribution in [2.45, 2.75) is 20.4 Å². The average Bonchev–Trinajstić information content (AvgIpc) is 3.06. The molecule has 0 radical (unpaired) electrons. The van der Waals surface area contributed by atoms with Gasteiger partial charge in [0.25, 0.3) is 0 Å². The molecule has 4 rings (SSSR count). The zero-order valence-corrected chi connectivity index (χ0v) is 16.2. The molecule has 4 heterocycles. The first-order chi connectivity index (χ1) is 13.1. The first kappa shape index (κ1) is 18.3. The molecule has 2 aliphatic rings. The van der Waals surface area contributed by atoms with Crippen molar-refractivity contribution < 1.29 is 9.53 Å². The number of hydrogen-bond donors (Lipinski definition) is 0. The molecule has 2 aliphatic heterocycles. The molecule has 8 heteroatoms. The Labute approximate surface area is 159 Å². The van der Waals surface area contributed by atoms with Crippen molar-refractivity contribution in [1.82, 2.24) is 29.1 Å². The number of morpholine rings is 1. The lowest BCUT2D eigenvalue weighted by Gasteiger charge is -2.35. The third-order valence-corrected chi connectivity index (χ3v) is 5.38. The normalized spacial score (nSPS) is 19.7. The molecule has 2 saturated heterocycles. The highest BCUT2D eigenvalue weighted by molar-refractivity contribution is 5.78. The fourth-order valence-electron chi connectivity index (χ4n) is 3.83. The highest BCUT2D eigenvalue weighted by atomic mass is 16.5. The van der Waals surface area contributed by atoms with E-state index in [9.17, 15) is 4.79 Å². The van der Waals surface area contributed by atoms with Crippen LogP contribution in [0.15, 0.2) is 12.3 Å². The number of ether oxygens (including phenoxy) is 1. The Kier molecular flexibility index (Phi) is 5.38. The lowest BCUT2D eigenvalue weighted by atomic mass is 10.3. The first-order valence-electron chi connectivity index (χ1n) is 9.71. The number of rotatable bonds is 4. The maximum Gasteiger partial charge on any atom is 0.236 e. The highest BCUT2D eigenvalue weighted by Gasteiger charge is 2.23. The molecule has 2 fully saturated rings. The van der Waals surface area contributed by atoms with Gasteiger partial charge in [0.1, 0.15) is 0 Å². The van der Waals surface area contributed by atoms with E-state index >= 15 is 0 Å². The second-order valence-corrected chi connectivity index (χ2v) is 7.49. The maximum absolute atomic E-state index is 12.4. The number of carbonyl (C=O) groups is 1. The van der Waals surface area contributed by atoms with Crippen molar-refractivity contribution >= 4 is 11.7 Å². The van der Waals surface area contributed by atoms with Gasteiger partial charge in [0.05, 0.1) is 25.5 Å². The second kappa shape index (κ2) is 7.92. The van der Waals surface area contributed by atoms with E-state index in [0.717, 1.165) is 68.7 Å². The van der Waals surface area contributed by atoms with Crippen LogP contribution in [-0.2, 0) is 16.1 Å². The third-order valence-electron chi connectivity index (χ3n) is 5.38. The number of carbonyl (C=O) groups excluding carboxylic acids is 1. The summed E-state index contributed by atoms with van der Waals surface area (Å²) >= 11 is 0. The van der Waals surface area contributed by atoms with Crippen molar-refractivity contribution in [3.63, 3.8) is 0 Å². The van der Waals surface area contributed by atoms with E-state index in [0.29, 0.717) is 19.8 Å². The molecule has 1 amide bonds. The van der Waals surface area contributed by atoms with Crippen molar-refractivity contribution in [2.75, 3.05) is 59.0 Å². The minimum atomic E-state index is 0.226. The van der Waals surface area contributed by atoms with Crippen LogP contribution < -0.4 is 0 Å². The minimum Gasteiger partial charge on any atom is -0.378 e. The van der Waals surface area contributed by atoms with Gasteiger partial charge in [-0.2, -0.15) is 0 Å². The molecule has 2 aromatic rings. The fourth-order valence-corrected chi connectivity index (χ4v) is 3.83. The Bertz CT molecular complexity index is 806. The molecule has 0 aromatic carbocycles. The lowest BCUT2D eigenvalue weighted by Crippen LogP contribution is -2.51. The summed E-state index contributed by atoms with van der Waals surface area (Å²) in [6.45, 7) is 11.9. The molecular weight excluding hydrogens is 344 g/mol. The Hall–Kier alpha value is -2.03. The SMILES string of the molecule is Cc1cc(C)n2cc(CN3CCN(CC(=O)N4CCOCC4)CC3)nc2n1. The second-order valence-electron chi connectivity index (χ2n) is 7.49. The molecule has 146 valence electrons. The van der Waals surface area contributed by atoms with Gasteiger partial charge in [-0.15, -0.1) is 0 Å². The van der Waals surface area contributed by atoms with E-state index in [-0.39, 0.29) is 5.91 Å². The predicted octanol–water partition coefficient (Wildman–Crippen LogP) is 0.323. The van der Waals surface area contributed by atoms with Crippen molar-refractivity contribution in [3.8, 4) is 0 Å². The number of aromatic nitrogens is 3. The van der Waals surface area contributed by atoms with Crippen LogP contribution in [0.3, 0.4) is 0 Å². The predicted molar refractivity (Wildman–Crippen MR) is 102 cm³/mol.